The quantitative estimate of drug-likeness (QED) is 0.857. The minimum atomic E-state index is -2.73. The molecule has 0 aliphatic carbocycles. The van der Waals surface area contributed by atoms with Crippen LogP contribution in [-0.4, -0.2) is 6.43 Å². The topological polar surface area (TPSA) is 49.8 Å². The first kappa shape index (κ1) is 13.8. The van der Waals surface area contributed by atoms with Gasteiger partial charge in [-0.3, -0.25) is 0 Å². The summed E-state index contributed by atoms with van der Waals surface area (Å²) in [5, 5.41) is 8.44. The molecule has 0 saturated carbocycles. The molecule has 1 aromatic rings. The molecule has 1 rings (SSSR count). The molecule has 1 atom stereocenters. The Morgan fingerprint density at radius 3 is 2.40 bits per heavy atom. The van der Waals surface area contributed by atoms with Crippen LogP contribution >= 0.6 is 12.4 Å². The Labute approximate surface area is 90.9 Å². The Bertz CT molecular complexity index is 376. The molecule has 0 fully saturated rings. The van der Waals surface area contributed by atoms with E-state index in [9.17, 15) is 13.2 Å². The van der Waals surface area contributed by atoms with E-state index in [-0.39, 0.29) is 23.5 Å². The maximum absolute atomic E-state index is 12.8. The van der Waals surface area contributed by atoms with Gasteiger partial charge in [0.2, 0.25) is 0 Å². The van der Waals surface area contributed by atoms with Crippen LogP contribution in [-0.2, 0) is 0 Å². The maximum atomic E-state index is 12.8. The second kappa shape index (κ2) is 5.59. The van der Waals surface area contributed by atoms with Crippen molar-refractivity contribution in [2.24, 2.45) is 5.73 Å². The molecule has 82 valence electrons. The lowest BCUT2D eigenvalue weighted by atomic mass is 10.1. The van der Waals surface area contributed by atoms with Crippen molar-refractivity contribution in [3.8, 4) is 6.07 Å². The van der Waals surface area contributed by atoms with Crippen LogP contribution in [0.1, 0.15) is 17.2 Å². The standard InChI is InChI=1S/C9H7F3N2.ClH/c10-7-2-1-5(3-6(7)4-13)8(14)9(11)12;/h1-3,8-9H,14H2;1H/t8-;/m0./s1. The van der Waals surface area contributed by atoms with E-state index in [0.717, 1.165) is 18.2 Å². The van der Waals surface area contributed by atoms with Crippen molar-refractivity contribution in [3.63, 3.8) is 0 Å². The highest BCUT2D eigenvalue weighted by Gasteiger charge is 2.18. The fraction of sp³-hybridized carbons (Fsp3) is 0.222. The second-order valence-corrected chi connectivity index (χ2v) is 2.71. The number of halogens is 4. The lowest BCUT2D eigenvalue weighted by molar-refractivity contribution is 0.116. The van der Waals surface area contributed by atoms with E-state index in [4.69, 9.17) is 11.0 Å². The number of nitrogens with zero attached hydrogens (tertiary/aromatic N) is 1. The molecule has 2 nitrogen and oxygen atoms in total. The van der Waals surface area contributed by atoms with Crippen LogP contribution in [0.2, 0.25) is 0 Å². The normalized spacial score (nSPS) is 11.7. The highest BCUT2D eigenvalue weighted by molar-refractivity contribution is 5.85. The zero-order valence-electron chi connectivity index (χ0n) is 7.45. The third-order valence-corrected chi connectivity index (χ3v) is 1.77. The molecule has 2 N–H and O–H groups in total. The molecule has 0 radical (unpaired) electrons. The minimum absolute atomic E-state index is 0. The van der Waals surface area contributed by atoms with Gasteiger partial charge in [0.1, 0.15) is 11.9 Å². The molecule has 0 aromatic heterocycles. The SMILES string of the molecule is Cl.N#Cc1cc([C@H](N)C(F)F)ccc1F. The average molecular weight is 237 g/mol. The van der Waals surface area contributed by atoms with Crippen LogP contribution in [0.15, 0.2) is 18.2 Å². The molecular formula is C9H8ClF3N2. The molecule has 0 amide bonds. The van der Waals surface area contributed by atoms with Crippen LogP contribution in [0, 0.1) is 17.1 Å². The second-order valence-electron chi connectivity index (χ2n) is 2.71. The summed E-state index contributed by atoms with van der Waals surface area (Å²) in [6.07, 6.45) is -2.73. The number of rotatable bonds is 2. The third kappa shape index (κ3) is 3.11. The van der Waals surface area contributed by atoms with Crippen molar-refractivity contribution >= 4 is 12.4 Å². The first-order valence-corrected chi connectivity index (χ1v) is 3.79. The van der Waals surface area contributed by atoms with Crippen LogP contribution < -0.4 is 5.73 Å². The van der Waals surface area contributed by atoms with Gasteiger partial charge in [-0.1, -0.05) is 6.07 Å². The van der Waals surface area contributed by atoms with E-state index in [1.54, 1.807) is 6.07 Å². The monoisotopic (exact) mass is 236 g/mol. The van der Waals surface area contributed by atoms with Gasteiger partial charge in [-0.05, 0) is 17.7 Å². The molecule has 6 heteroatoms. The maximum Gasteiger partial charge on any atom is 0.257 e. The van der Waals surface area contributed by atoms with Crippen molar-refractivity contribution < 1.29 is 13.2 Å². The Hall–Kier alpha value is -1.25. The third-order valence-electron chi connectivity index (χ3n) is 1.77. The van der Waals surface area contributed by atoms with Gasteiger partial charge in [-0.15, -0.1) is 12.4 Å². The molecule has 0 aliphatic rings. The summed E-state index contributed by atoms with van der Waals surface area (Å²) >= 11 is 0. The smallest absolute Gasteiger partial charge is 0.257 e. The fourth-order valence-electron chi connectivity index (χ4n) is 0.981. The first-order chi connectivity index (χ1) is 6.56. The van der Waals surface area contributed by atoms with Crippen molar-refractivity contribution in [3.05, 3.63) is 35.1 Å². The number of nitriles is 1. The summed E-state index contributed by atoms with van der Waals surface area (Å²) in [6, 6.07) is 3.20. The summed E-state index contributed by atoms with van der Waals surface area (Å²) < 4.78 is 37.1. The van der Waals surface area contributed by atoms with Gasteiger partial charge in [0.15, 0.2) is 0 Å². The molecule has 0 heterocycles. The van der Waals surface area contributed by atoms with Gasteiger partial charge < -0.3 is 5.73 Å². The van der Waals surface area contributed by atoms with E-state index in [1.807, 2.05) is 0 Å². The van der Waals surface area contributed by atoms with Crippen molar-refractivity contribution in [2.75, 3.05) is 0 Å². The largest absolute Gasteiger partial charge is 0.319 e. The molecule has 0 bridgehead atoms. The minimum Gasteiger partial charge on any atom is -0.319 e. The van der Waals surface area contributed by atoms with Crippen LogP contribution in [0.3, 0.4) is 0 Å². The van der Waals surface area contributed by atoms with Gasteiger partial charge >= 0.3 is 0 Å². The lowest BCUT2D eigenvalue weighted by Crippen LogP contribution is -2.19. The number of hydrogen-bond donors (Lipinski definition) is 1. The van der Waals surface area contributed by atoms with Crippen molar-refractivity contribution in [1.29, 1.82) is 5.26 Å². The summed E-state index contributed by atoms with van der Waals surface area (Å²) in [4.78, 5) is 0. The number of alkyl halides is 2. The summed E-state index contributed by atoms with van der Waals surface area (Å²) in [5.41, 5.74) is 4.90. The number of hydrogen-bond acceptors (Lipinski definition) is 2. The lowest BCUT2D eigenvalue weighted by Gasteiger charge is -2.10. The molecular weight excluding hydrogens is 229 g/mol. The van der Waals surface area contributed by atoms with Crippen LogP contribution in [0.25, 0.3) is 0 Å². The number of benzene rings is 1. The molecule has 0 spiro atoms. The molecule has 0 unspecified atom stereocenters. The zero-order valence-corrected chi connectivity index (χ0v) is 8.27. The van der Waals surface area contributed by atoms with Gasteiger partial charge in [0.25, 0.3) is 6.43 Å². The van der Waals surface area contributed by atoms with Gasteiger partial charge in [0, 0.05) is 0 Å². The molecule has 0 saturated heterocycles. The summed E-state index contributed by atoms with van der Waals surface area (Å²) in [6.45, 7) is 0. The van der Waals surface area contributed by atoms with Gasteiger partial charge in [0.05, 0.1) is 11.6 Å². The van der Waals surface area contributed by atoms with Crippen molar-refractivity contribution in [2.45, 2.75) is 12.5 Å². The van der Waals surface area contributed by atoms with Crippen LogP contribution in [0.4, 0.5) is 13.2 Å². The number of nitrogens with two attached hydrogens (primary N) is 1. The Morgan fingerprint density at radius 2 is 1.93 bits per heavy atom. The summed E-state index contributed by atoms with van der Waals surface area (Å²) in [7, 11) is 0. The van der Waals surface area contributed by atoms with E-state index < -0.39 is 18.3 Å². The predicted octanol–water partition coefficient (Wildman–Crippen LogP) is 2.38. The highest BCUT2D eigenvalue weighted by Crippen LogP contribution is 2.20. The predicted molar refractivity (Wildman–Crippen MR) is 51.3 cm³/mol. The van der Waals surface area contributed by atoms with Gasteiger partial charge in [-0.2, -0.15) is 5.26 Å². The average Bonchev–Trinajstić information content (AvgIpc) is 2.17. The van der Waals surface area contributed by atoms with Crippen molar-refractivity contribution in [1.82, 2.24) is 0 Å². The zero-order chi connectivity index (χ0) is 10.7. The van der Waals surface area contributed by atoms with Gasteiger partial charge in [-0.25, -0.2) is 13.2 Å². The van der Waals surface area contributed by atoms with E-state index in [1.165, 1.54) is 0 Å². The molecule has 15 heavy (non-hydrogen) atoms. The Balaban J connectivity index is 0.00000196. The van der Waals surface area contributed by atoms with Crippen LogP contribution in [0.5, 0.6) is 0 Å². The van der Waals surface area contributed by atoms with E-state index in [0.29, 0.717) is 0 Å². The Kier molecular flexibility index (Phi) is 5.12. The summed E-state index contributed by atoms with van der Waals surface area (Å²) in [5.74, 6) is -0.738. The first-order valence-electron chi connectivity index (χ1n) is 3.79. The van der Waals surface area contributed by atoms with E-state index in [2.05, 4.69) is 0 Å². The fourth-order valence-corrected chi connectivity index (χ4v) is 0.981. The van der Waals surface area contributed by atoms with E-state index >= 15 is 0 Å². The highest BCUT2D eigenvalue weighted by atomic mass is 35.5. The molecule has 0 aliphatic heterocycles. The Morgan fingerprint density at radius 1 is 1.33 bits per heavy atom. The molecule has 1 aromatic carbocycles.